The van der Waals surface area contributed by atoms with Crippen molar-refractivity contribution < 1.29 is 9.53 Å². The van der Waals surface area contributed by atoms with Gasteiger partial charge < -0.3 is 14.0 Å². The summed E-state index contributed by atoms with van der Waals surface area (Å²) >= 11 is 12.5. The molecule has 2 atom stereocenters. The standard InChI is InChI=1S/C33H36Cl2N4O2/c1-22-18-27(35)11-12-29(22)25-8-13-31-36-32(23-6-9-26(34)10-7-23)30(39(31)20-25)21-37-14-16-38(17-15-37)33(40)24-4-3-5-28(19-24)41-2/h6-13,18,20,24,28H,3-5,14-17,19,21H2,1-2H3/t24-,28-/m0/s1. The first-order valence-corrected chi connectivity index (χ1v) is 15.2. The number of aryl methyl sites for hydroxylation is 1. The third kappa shape index (κ3) is 6.02. The zero-order valence-electron chi connectivity index (χ0n) is 23.7. The van der Waals surface area contributed by atoms with E-state index in [0.29, 0.717) is 10.9 Å². The summed E-state index contributed by atoms with van der Waals surface area (Å²) in [5, 5.41) is 1.44. The molecule has 1 saturated carbocycles. The van der Waals surface area contributed by atoms with Crippen LogP contribution in [-0.4, -0.2) is 64.5 Å². The van der Waals surface area contributed by atoms with E-state index in [1.165, 1.54) is 0 Å². The molecule has 6 rings (SSSR count). The van der Waals surface area contributed by atoms with E-state index in [-0.39, 0.29) is 12.0 Å². The molecule has 0 radical (unpaired) electrons. The van der Waals surface area contributed by atoms with E-state index in [0.717, 1.165) is 103 Å². The summed E-state index contributed by atoms with van der Waals surface area (Å²) in [6, 6.07) is 18.1. The van der Waals surface area contributed by atoms with Crippen LogP contribution >= 0.6 is 23.2 Å². The van der Waals surface area contributed by atoms with Gasteiger partial charge in [-0.2, -0.15) is 0 Å². The van der Waals surface area contributed by atoms with Crippen LogP contribution in [0, 0.1) is 12.8 Å². The van der Waals surface area contributed by atoms with E-state index < -0.39 is 0 Å². The highest BCUT2D eigenvalue weighted by Gasteiger charge is 2.32. The van der Waals surface area contributed by atoms with Gasteiger partial charge in [-0.1, -0.05) is 47.8 Å². The molecule has 1 aliphatic heterocycles. The molecular weight excluding hydrogens is 555 g/mol. The molecule has 2 aliphatic rings. The first kappa shape index (κ1) is 28.2. The van der Waals surface area contributed by atoms with E-state index in [1.54, 1.807) is 7.11 Å². The number of amides is 1. The Hall–Kier alpha value is -2.90. The number of rotatable bonds is 6. The number of aromatic nitrogens is 2. The maximum Gasteiger partial charge on any atom is 0.225 e. The Morgan fingerprint density at radius 2 is 1.68 bits per heavy atom. The van der Waals surface area contributed by atoms with Gasteiger partial charge in [-0.15, -0.1) is 0 Å². The molecule has 2 aromatic heterocycles. The minimum atomic E-state index is 0.0882. The van der Waals surface area contributed by atoms with Gasteiger partial charge in [0.05, 0.1) is 17.5 Å². The number of piperazine rings is 1. The quantitative estimate of drug-likeness (QED) is 0.239. The van der Waals surface area contributed by atoms with Gasteiger partial charge in [-0.05, 0) is 79.3 Å². The van der Waals surface area contributed by atoms with Crippen LogP contribution in [0.15, 0.2) is 60.8 Å². The van der Waals surface area contributed by atoms with Gasteiger partial charge in [0, 0.05) is 67.6 Å². The summed E-state index contributed by atoms with van der Waals surface area (Å²) < 4.78 is 7.79. The fourth-order valence-corrected chi connectivity index (χ4v) is 6.73. The fourth-order valence-electron chi connectivity index (χ4n) is 6.37. The summed E-state index contributed by atoms with van der Waals surface area (Å²) in [7, 11) is 1.76. The third-order valence-electron chi connectivity index (χ3n) is 8.70. The summed E-state index contributed by atoms with van der Waals surface area (Å²) in [4.78, 5) is 22.9. The summed E-state index contributed by atoms with van der Waals surface area (Å²) in [6.07, 6.45) is 6.33. The number of carbonyl (C=O) groups is 1. The van der Waals surface area contributed by atoms with Gasteiger partial charge in [0.25, 0.3) is 0 Å². The van der Waals surface area contributed by atoms with Crippen LogP contribution < -0.4 is 0 Å². The topological polar surface area (TPSA) is 50.1 Å². The van der Waals surface area contributed by atoms with E-state index in [2.05, 4.69) is 45.5 Å². The monoisotopic (exact) mass is 590 g/mol. The first-order valence-electron chi connectivity index (χ1n) is 14.5. The van der Waals surface area contributed by atoms with Crippen LogP contribution in [0.5, 0.6) is 0 Å². The Morgan fingerprint density at radius 1 is 0.951 bits per heavy atom. The molecule has 1 aliphatic carbocycles. The Labute approximate surface area is 251 Å². The number of hydrogen-bond donors (Lipinski definition) is 0. The SMILES string of the molecule is CO[C@H]1CCC[C@H](C(=O)N2CCN(Cc3c(-c4ccc(Cl)cc4)nc4ccc(-c5ccc(Cl)cc5C)cn34)CC2)C1. The molecule has 1 saturated heterocycles. The van der Waals surface area contributed by atoms with Crippen LogP contribution in [0.25, 0.3) is 28.0 Å². The van der Waals surface area contributed by atoms with E-state index in [4.69, 9.17) is 32.9 Å². The van der Waals surface area contributed by atoms with Crippen LogP contribution in [0.4, 0.5) is 0 Å². The zero-order chi connectivity index (χ0) is 28.5. The maximum absolute atomic E-state index is 13.3. The molecule has 6 nitrogen and oxygen atoms in total. The minimum Gasteiger partial charge on any atom is -0.381 e. The second kappa shape index (κ2) is 12.1. The molecule has 3 heterocycles. The number of fused-ring (bicyclic) bond motifs is 1. The number of benzene rings is 2. The lowest BCUT2D eigenvalue weighted by Gasteiger charge is -2.38. The van der Waals surface area contributed by atoms with Gasteiger partial charge in [-0.3, -0.25) is 9.69 Å². The Morgan fingerprint density at radius 3 is 2.41 bits per heavy atom. The number of halogens is 2. The number of imidazole rings is 1. The molecule has 4 aromatic rings. The number of ether oxygens (including phenoxy) is 1. The third-order valence-corrected chi connectivity index (χ3v) is 9.19. The molecule has 0 unspecified atom stereocenters. The summed E-state index contributed by atoms with van der Waals surface area (Å²) in [5.74, 6) is 0.385. The normalized spacial score (nSPS) is 20.0. The number of hydrogen-bond acceptors (Lipinski definition) is 4. The Balaban J connectivity index is 1.27. The maximum atomic E-state index is 13.3. The van der Waals surface area contributed by atoms with E-state index in [1.807, 2.05) is 36.4 Å². The van der Waals surface area contributed by atoms with Crippen molar-refractivity contribution in [3.05, 3.63) is 82.1 Å². The van der Waals surface area contributed by atoms with Crippen LogP contribution in [-0.2, 0) is 16.1 Å². The largest absolute Gasteiger partial charge is 0.381 e. The van der Waals surface area contributed by atoms with Crippen molar-refractivity contribution in [2.24, 2.45) is 5.92 Å². The molecule has 41 heavy (non-hydrogen) atoms. The molecule has 0 spiro atoms. The van der Waals surface area contributed by atoms with Gasteiger partial charge in [-0.25, -0.2) is 4.98 Å². The lowest BCUT2D eigenvalue weighted by molar-refractivity contribution is -0.140. The fraction of sp³-hybridized carbons (Fsp3) is 0.394. The van der Waals surface area contributed by atoms with Gasteiger partial charge in [0.1, 0.15) is 5.65 Å². The highest BCUT2D eigenvalue weighted by atomic mass is 35.5. The Kier molecular flexibility index (Phi) is 8.36. The Bertz CT molecular complexity index is 1540. The summed E-state index contributed by atoms with van der Waals surface area (Å²) in [6.45, 7) is 5.97. The zero-order valence-corrected chi connectivity index (χ0v) is 25.2. The molecule has 214 valence electrons. The van der Waals surface area contributed by atoms with Crippen molar-refractivity contribution in [3.63, 3.8) is 0 Å². The van der Waals surface area contributed by atoms with Crippen LogP contribution in [0.3, 0.4) is 0 Å². The minimum absolute atomic E-state index is 0.0882. The van der Waals surface area contributed by atoms with Crippen molar-refractivity contribution in [1.82, 2.24) is 19.2 Å². The summed E-state index contributed by atoms with van der Waals surface area (Å²) in [5.41, 5.74) is 7.42. The average Bonchev–Trinajstić information content (AvgIpc) is 3.35. The second-order valence-corrected chi connectivity index (χ2v) is 12.2. The van der Waals surface area contributed by atoms with Gasteiger partial charge in [0.2, 0.25) is 5.91 Å². The van der Waals surface area contributed by atoms with Crippen molar-refractivity contribution in [2.45, 2.75) is 45.3 Å². The molecule has 0 N–H and O–H groups in total. The molecule has 2 fully saturated rings. The van der Waals surface area contributed by atoms with Gasteiger partial charge >= 0.3 is 0 Å². The van der Waals surface area contributed by atoms with Crippen molar-refractivity contribution in [3.8, 4) is 22.4 Å². The van der Waals surface area contributed by atoms with E-state index in [9.17, 15) is 4.79 Å². The number of pyridine rings is 1. The highest BCUT2D eigenvalue weighted by Crippen LogP contribution is 2.32. The van der Waals surface area contributed by atoms with Crippen molar-refractivity contribution in [1.29, 1.82) is 0 Å². The predicted molar refractivity (Wildman–Crippen MR) is 165 cm³/mol. The molecule has 8 heteroatoms. The first-order chi connectivity index (χ1) is 19.9. The van der Waals surface area contributed by atoms with Crippen molar-refractivity contribution in [2.75, 3.05) is 33.3 Å². The lowest BCUT2D eigenvalue weighted by atomic mass is 9.86. The smallest absolute Gasteiger partial charge is 0.225 e. The molecule has 0 bridgehead atoms. The second-order valence-electron chi connectivity index (χ2n) is 11.3. The van der Waals surface area contributed by atoms with Gasteiger partial charge in [0.15, 0.2) is 0 Å². The number of nitrogens with zero attached hydrogens (tertiary/aromatic N) is 4. The average molecular weight is 592 g/mol. The molecule has 2 aromatic carbocycles. The predicted octanol–water partition coefficient (Wildman–Crippen LogP) is 7.13. The van der Waals surface area contributed by atoms with E-state index >= 15 is 0 Å². The number of methoxy groups -OCH3 is 1. The van der Waals surface area contributed by atoms with Crippen LogP contribution in [0.1, 0.15) is 36.9 Å². The van der Waals surface area contributed by atoms with Crippen LogP contribution in [0.2, 0.25) is 10.0 Å². The van der Waals surface area contributed by atoms with Crippen molar-refractivity contribution >= 4 is 34.8 Å². The molecule has 1 amide bonds. The molecular formula is C33H36Cl2N4O2. The lowest BCUT2D eigenvalue weighted by Crippen LogP contribution is -2.50. The highest BCUT2D eigenvalue weighted by molar-refractivity contribution is 6.31. The number of carbonyl (C=O) groups excluding carboxylic acids is 1.